The van der Waals surface area contributed by atoms with Gasteiger partial charge in [-0.3, -0.25) is 19.2 Å². The number of carbonyl (C=O) groups excluding carboxylic acids is 8. The zero-order valence-electron chi connectivity index (χ0n) is 47.6. The first-order valence-electron chi connectivity index (χ1n) is 26.5. The molecule has 19 nitrogen and oxygen atoms in total. The van der Waals surface area contributed by atoms with E-state index in [4.69, 9.17) is 23.7 Å². The minimum atomic E-state index is -1.55. The molecule has 2 heterocycles. The predicted octanol–water partition coefficient (Wildman–Crippen LogP) is 6.81. The molecular weight excluding hydrogens is 989 g/mol. The maximum atomic E-state index is 15.0. The Hall–Kier alpha value is -7.05. The summed E-state index contributed by atoms with van der Waals surface area (Å²) in [7, 11) is 7.06. The summed E-state index contributed by atoms with van der Waals surface area (Å²) in [5.41, 5.74) is 2.59. The highest BCUT2D eigenvalue weighted by atomic mass is 16.6. The van der Waals surface area contributed by atoms with E-state index >= 15 is 0 Å². The monoisotopic (exact) mass is 1070 g/mol. The number of nitrogens with one attached hydrogen (secondary N) is 1. The van der Waals surface area contributed by atoms with Crippen LogP contribution in [-0.4, -0.2) is 156 Å². The topological polar surface area (TPSA) is 221 Å². The number of aromatic nitrogens is 1. The molecule has 1 aromatic heterocycles. The molecule has 1 N–H and O–H groups in total. The zero-order chi connectivity index (χ0) is 57.4. The van der Waals surface area contributed by atoms with Crippen LogP contribution in [0.2, 0.25) is 0 Å². The molecule has 1 aliphatic heterocycles. The summed E-state index contributed by atoms with van der Waals surface area (Å²) in [4.78, 5) is 125. The van der Waals surface area contributed by atoms with Crippen molar-refractivity contribution in [3.05, 3.63) is 84.1 Å². The van der Waals surface area contributed by atoms with E-state index in [0.717, 1.165) is 19.6 Å². The van der Waals surface area contributed by atoms with Crippen LogP contribution in [0.15, 0.2) is 72.9 Å². The SMILES string of the molecule is COc1ccc(Nc2ccc(C[C@H]3OC(=O)[C@H](CC(C)C)N(C)C(=O)[C@@H](C)OC(=O)[C@H](CC(C)C)N(C)C(=O)[C@@H](Cc4ccccc4)OC(=O)[C@H](CC(C)C)N(C)C(=O)[C@@H](C)OC(=O)[C@H](CC(C)C)N(C)C3=O)cc2)cn1. The molecule has 422 valence electrons. The van der Waals surface area contributed by atoms with Crippen LogP contribution in [0.25, 0.3) is 0 Å². The van der Waals surface area contributed by atoms with Crippen LogP contribution in [0.3, 0.4) is 0 Å². The number of esters is 4. The number of amides is 4. The van der Waals surface area contributed by atoms with Crippen LogP contribution < -0.4 is 10.1 Å². The van der Waals surface area contributed by atoms with E-state index in [0.29, 0.717) is 28.4 Å². The molecule has 19 heteroatoms. The predicted molar refractivity (Wildman–Crippen MR) is 289 cm³/mol. The van der Waals surface area contributed by atoms with Gasteiger partial charge < -0.3 is 48.6 Å². The van der Waals surface area contributed by atoms with Crippen molar-refractivity contribution >= 4 is 58.9 Å². The molecule has 0 unspecified atom stereocenters. The van der Waals surface area contributed by atoms with Gasteiger partial charge in [-0.1, -0.05) is 97.9 Å². The molecule has 0 bridgehead atoms. The Balaban J connectivity index is 1.85. The summed E-state index contributed by atoms with van der Waals surface area (Å²) in [5.74, 6) is -6.96. The van der Waals surface area contributed by atoms with Gasteiger partial charge in [0.25, 0.3) is 23.6 Å². The Morgan fingerprint density at radius 2 is 0.805 bits per heavy atom. The first-order chi connectivity index (χ1) is 36.2. The molecule has 1 saturated heterocycles. The second-order valence-corrected chi connectivity index (χ2v) is 21.7. The molecule has 0 radical (unpaired) electrons. The molecule has 2 aromatic carbocycles. The number of nitrogens with zero attached hydrogens (tertiary/aromatic N) is 5. The average Bonchev–Trinajstić information content (AvgIpc) is 3.38. The number of carbonyl (C=O) groups is 8. The molecule has 77 heavy (non-hydrogen) atoms. The average molecular weight is 1070 g/mol. The van der Waals surface area contributed by atoms with Crippen LogP contribution in [0.5, 0.6) is 5.88 Å². The smallest absolute Gasteiger partial charge is 0.329 e. The molecule has 1 fully saturated rings. The highest BCUT2D eigenvalue weighted by Gasteiger charge is 2.43. The van der Waals surface area contributed by atoms with E-state index in [1.54, 1.807) is 72.9 Å². The lowest BCUT2D eigenvalue weighted by Crippen LogP contribution is -2.55. The van der Waals surface area contributed by atoms with Crippen molar-refractivity contribution in [2.75, 3.05) is 40.6 Å². The van der Waals surface area contributed by atoms with Crippen molar-refractivity contribution in [1.82, 2.24) is 24.6 Å². The quantitative estimate of drug-likeness (QED) is 0.122. The Labute approximate surface area is 454 Å². The Kier molecular flexibility index (Phi) is 23.5. The normalized spacial score (nSPS) is 23.5. The lowest BCUT2D eigenvalue weighted by molar-refractivity contribution is -0.176. The molecule has 8 atom stereocenters. The van der Waals surface area contributed by atoms with Crippen molar-refractivity contribution in [2.45, 2.75) is 156 Å². The summed E-state index contributed by atoms with van der Waals surface area (Å²) < 4.78 is 29.2. The second-order valence-electron chi connectivity index (χ2n) is 21.7. The number of cyclic esters (lactones) is 4. The van der Waals surface area contributed by atoms with Gasteiger partial charge in [0, 0.05) is 52.8 Å². The zero-order valence-corrected chi connectivity index (χ0v) is 47.6. The first kappa shape index (κ1) is 62.5. The Bertz CT molecular complexity index is 2450. The molecule has 4 rings (SSSR count). The van der Waals surface area contributed by atoms with Crippen molar-refractivity contribution in [3.8, 4) is 5.88 Å². The maximum absolute atomic E-state index is 15.0. The Morgan fingerprint density at radius 3 is 1.14 bits per heavy atom. The highest BCUT2D eigenvalue weighted by Crippen LogP contribution is 2.25. The minimum absolute atomic E-state index is 0.0779. The summed E-state index contributed by atoms with van der Waals surface area (Å²) in [6.07, 6.45) is -4.30. The van der Waals surface area contributed by atoms with E-state index in [9.17, 15) is 38.4 Å². The molecule has 0 spiro atoms. The number of methoxy groups -OCH3 is 1. The number of benzene rings is 2. The molecular formula is C58H82N6O13. The Morgan fingerprint density at radius 1 is 0.468 bits per heavy atom. The van der Waals surface area contributed by atoms with Crippen LogP contribution in [0.4, 0.5) is 11.4 Å². The first-order valence-corrected chi connectivity index (χ1v) is 26.5. The van der Waals surface area contributed by atoms with Gasteiger partial charge >= 0.3 is 23.9 Å². The summed E-state index contributed by atoms with van der Waals surface area (Å²) in [6.45, 7) is 17.5. The summed E-state index contributed by atoms with van der Waals surface area (Å²) >= 11 is 0. The van der Waals surface area contributed by atoms with Gasteiger partial charge in [0.2, 0.25) is 5.88 Å². The third kappa shape index (κ3) is 18.0. The van der Waals surface area contributed by atoms with Crippen molar-refractivity contribution in [2.24, 2.45) is 23.7 Å². The fourth-order valence-corrected chi connectivity index (χ4v) is 8.99. The number of hydrogen-bond donors (Lipinski definition) is 1. The largest absolute Gasteiger partial charge is 0.481 e. The molecule has 3 aromatic rings. The lowest BCUT2D eigenvalue weighted by atomic mass is 10.00. The van der Waals surface area contributed by atoms with E-state index in [1.807, 2.05) is 55.4 Å². The summed E-state index contributed by atoms with van der Waals surface area (Å²) in [5, 5.41) is 3.25. The van der Waals surface area contributed by atoms with E-state index in [2.05, 4.69) is 10.3 Å². The maximum Gasteiger partial charge on any atom is 0.329 e. The number of pyridine rings is 1. The van der Waals surface area contributed by atoms with Gasteiger partial charge in [-0.25, -0.2) is 24.2 Å². The van der Waals surface area contributed by atoms with E-state index in [1.165, 1.54) is 49.1 Å². The van der Waals surface area contributed by atoms with Crippen LogP contribution in [0, 0.1) is 23.7 Å². The van der Waals surface area contributed by atoms with Gasteiger partial charge in [-0.05, 0) is 92.5 Å². The number of anilines is 2. The standard InChI is InChI=1S/C58H82N6O13/c1-34(2)27-44-55(69)74-39(10)52(66)62(12)47(30-37(7)8)58(72)77-49(32-41-21-23-42(24-22-41)60-43-25-26-50(73-15)59-33-43)54(68)64(14)45(28-35(3)4)56(70)75-38(9)51(65)61(11)46(29-36(5)6)57(71)76-48(53(67)63(44)13)31-40-19-17-16-18-20-40/h16-26,33-39,44-49,60H,27-32H2,1-15H3/t38-,39-,44+,45+,46+,47+,48-,49-/m1/s1. The lowest BCUT2D eigenvalue weighted by Gasteiger charge is -2.35. The fraction of sp³-hybridized carbons (Fsp3) is 0.569. The van der Waals surface area contributed by atoms with Crippen LogP contribution in [0.1, 0.15) is 106 Å². The number of rotatable bonds is 15. The molecule has 0 saturated carbocycles. The van der Waals surface area contributed by atoms with Crippen molar-refractivity contribution in [1.29, 1.82) is 0 Å². The van der Waals surface area contributed by atoms with Gasteiger partial charge in [0.1, 0.15) is 24.2 Å². The molecule has 0 aliphatic carbocycles. The van der Waals surface area contributed by atoms with Gasteiger partial charge in [-0.15, -0.1) is 0 Å². The third-order valence-electron chi connectivity index (χ3n) is 13.3. The molecule has 4 amide bonds. The fourth-order valence-electron chi connectivity index (χ4n) is 8.99. The molecule has 1 aliphatic rings. The van der Waals surface area contributed by atoms with Gasteiger partial charge in [0.05, 0.1) is 19.0 Å². The minimum Gasteiger partial charge on any atom is -0.481 e. The van der Waals surface area contributed by atoms with Gasteiger partial charge in [0.15, 0.2) is 24.4 Å². The van der Waals surface area contributed by atoms with Gasteiger partial charge in [-0.2, -0.15) is 0 Å². The number of likely N-dealkylation sites (N-methyl/N-ethyl adjacent to an activating group) is 4. The summed E-state index contributed by atoms with van der Waals surface area (Å²) in [6, 6.07) is 14.3. The number of hydrogen-bond acceptors (Lipinski definition) is 15. The highest BCUT2D eigenvalue weighted by molar-refractivity contribution is 5.94. The van der Waals surface area contributed by atoms with Crippen molar-refractivity contribution in [3.63, 3.8) is 0 Å². The second kappa shape index (κ2) is 28.9. The van der Waals surface area contributed by atoms with Crippen LogP contribution in [-0.2, 0) is 70.1 Å². The van der Waals surface area contributed by atoms with Crippen LogP contribution >= 0.6 is 0 Å². The third-order valence-corrected chi connectivity index (χ3v) is 13.3. The van der Waals surface area contributed by atoms with Crippen molar-refractivity contribution < 1.29 is 62.0 Å². The van der Waals surface area contributed by atoms with E-state index < -0.39 is 96.1 Å². The van der Waals surface area contributed by atoms with E-state index in [-0.39, 0.29) is 62.2 Å². The number of ether oxygens (including phenoxy) is 5.